The first-order chi connectivity index (χ1) is 13.2. The van der Waals surface area contributed by atoms with E-state index in [2.05, 4.69) is 10.6 Å². The molecular formula is C19H36N2O6. The lowest BCUT2D eigenvalue weighted by atomic mass is 9.89. The van der Waals surface area contributed by atoms with E-state index in [9.17, 15) is 9.59 Å². The maximum Gasteiger partial charge on any atom is 0.223 e. The molecule has 0 spiro atoms. The van der Waals surface area contributed by atoms with Crippen LogP contribution < -0.4 is 10.6 Å². The van der Waals surface area contributed by atoms with E-state index in [0.717, 1.165) is 12.8 Å². The van der Waals surface area contributed by atoms with Crippen LogP contribution >= 0.6 is 0 Å². The van der Waals surface area contributed by atoms with Gasteiger partial charge in [-0.3, -0.25) is 9.59 Å². The molecule has 0 saturated heterocycles. The van der Waals surface area contributed by atoms with Gasteiger partial charge in [0.25, 0.3) is 0 Å². The lowest BCUT2D eigenvalue weighted by molar-refractivity contribution is -0.126. The normalized spacial score (nSPS) is 14.9. The lowest BCUT2D eigenvalue weighted by Gasteiger charge is -2.20. The van der Waals surface area contributed by atoms with Crippen molar-refractivity contribution in [1.82, 2.24) is 10.6 Å². The largest absolute Gasteiger partial charge is 0.379 e. The smallest absolute Gasteiger partial charge is 0.223 e. The van der Waals surface area contributed by atoms with Gasteiger partial charge in [-0.05, 0) is 12.8 Å². The molecule has 0 atom stereocenters. The van der Waals surface area contributed by atoms with Gasteiger partial charge in [0, 0.05) is 25.9 Å². The Labute approximate surface area is 162 Å². The highest BCUT2D eigenvalue weighted by molar-refractivity contribution is 5.78. The van der Waals surface area contributed by atoms with Gasteiger partial charge in [0.15, 0.2) is 0 Å². The monoisotopic (exact) mass is 388 g/mol. The van der Waals surface area contributed by atoms with Crippen LogP contribution in [-0.4, -0.2) is 78.3 Å². The van der Waals surface area contributed by atoms with E-state index in [0.29, 0.717) is 65.8 Å². The minimum Gasteiger partial charge on any atom is -0.379 e. The zero-order valence-electron chi connectivity index (χ0n) is 16.6. The Morgan fingerprint density at radius 1 is 0.778 bits per heavy atom. The Morgan fingerprint density at radius 2 is 1.30 bits per heavy atom. The zero-order valence-corrected chi connectivity index (χ0v) is 16.6. The van der Waals surface area contributed by atoms with Crippen molar-refractivity contribution < 1.29 is 28.5 Å². The molecule has 1 rings (SSSR count). The minimum absolute atomic E-state index is 0.0295. The number of hydrogen-bond donors (Lipinski definition) is 2. The van der Waals surface area contributed by atoms with Crippen LogP contribution in [0.3, 0.4) is 0 Å². The van der Waals surface area contributed by atoms with E-state index < -0.39 is 0 Å². The van der Waals surface area contributed by atoms with E-state index in [-0.39, 0.29) is 17.7 Å². The van der Waals surface area contributed by atoms with Crippen molar-refractivity contribution in [3.63, 3.8) is 0 Å². The first kappa shape index (κ1) is 23.8. The molecule has 1 aliphatic carbocycles. The SMILES string of the molecule is CNC(=O)CCOCCOCCOCCOCCNC(=O)C1CCCCC1. The van der Waals surface area contributed by atoms with Gasteiger partial charge in [-0.1, -0.05) is 19.3 Å². The third kappa shape index (κ3) is 13.6. The Hall–Kier alpha value is -1.22. The summed E-state index contributed by atoms with van der Waals surface area (Å²) in [5.74, 6) is 0.339. The van der Waals surface area contributed by atoms with E-state index in [4.69, 9.17) is 18.9 Å². The fourth-order valence-corrected chi connectivity index (χ4v) is 2.81. The number of hydrogen-bond acceptors (Lipinski definition) is 6. The highest BCUT2D eigenvalue weighted by Crippen LogP contribution is 2.23. The molecule has 0 aromatic rings. The summed E-state index contributed by atoms with van der Waals surface area (Å²) in [6.45, 7) is 4.41. The van der Waals surface area contributed by atoms with E-state index in [1.165, 1.54) is 19.3 Å². The number of rotatable bonds is 16. The molecule has 158 valence electrons. The third-order valence-corrected chi connectivity index (χ3v) is 4.39. The summed E-state index contributed by atoms with van der Waals surface area (Å²) < 4.78 is 21.5. The minimum atomic E-state index is -0.0295. The fourth-order valence-electron chi connectivity index (χ4n) is 2.81. The number of carbonyl (C=O) groups is 2. The maximum absolute atomic E-state index is 11.9. The van der Waals surface area contributed by atoms with Gasteiger partial charge >= 0.3 is 0 Å². The van der Waals surface area contributed by atoms with E-state index in [1.54, 1.807) is 7.05 Å². The molecule has 0 aromatic carbocycles. The van der Waals surface area contributed by atoms with Crippen LogP contribution in [0.25, 0.3) is 0 Å². The predicted molar refractivity (Wildman–Crippen MR) is 102 cm³/mol. The molecule has 0 aromatic heterocycles. The van der Waals surface area contributed by atoms with Crippen molar-refractivity contribution >= 4 is 11.8 Å². The quantitative estimate of drug-likeness (QED) is 0.381. The topological polar surface area (TPSA) is 95.1 Å². The Bertz CT molecular complexity index is 388. The van der Waals surface area contributed by atoms with Crippen molar-refractivity contribution in [3.05, 3.63) is 0 Å². The number of carbonyl (C=O) groups excluding carboxylic acids is 2. The molecule has 1 aliphatic rings. The fraction of sp³-hybridized carbons (Fsp3) is 0.895. The van der Waals surface area contributed by atoms with E-state index >= 15 is 0 Å². The second-order valence-electron chi connectivity index (χ2n) is 6.50. The maximum atomic E-state index is 11.9. The summed E-state index contributed by atoms with van der Waals surface area (Å²) in [5, 5.41) is 5.48. The van der Waals surface area contributed by atoms with Crippen LogP contribution in [0.5, 0.6) is 0 Å². The first-order valence-electron chi connectivity index (χ1n) is 10.0. The van der Waals surface area contributed by atoms with Gasteiger partial charge in [-0.2, -0.15) is 0 Å². The number of ether oxygens (including phenoxy) is 4. The molecule has 0 bridgehead atoms. The van der Waals surface area contributed by atoms with Crippen LogP contribution in [0.15, 0.2) is 0 Å². The molecular weight excluding hydrogens is 352 g/mol. The van der Waals surface area contributed by atoms with Crippen LogP contribution in [-0.2, 0) is 28.5 Å². The van der Waals surface area contributed by atoms with Crippen molar-refractivity contribution in [2.45, 2.75) is 38.5 Å². The molecule has 2 N–H and O–H groups in total. The van der Waals surface area contributed by atoms with Crippen LogP contribution in [0, 0.1) is 5.92 Å². The third-order valence-electron chi connectivity index (χ3n) is 4.39. The molecule has 8 nitrogen and oxygen atoms in total. The summed E-state index contributed by atoms with van der Waals surface area (Å²) >= 11 is 0. The molecule has 2 amide bonds. The summed E-state index contributed by atoms with van der Waals surface area (Å²) in [4.78, 5) is 22.9. The van der Waals surface area contributed by atoms with Gasteiger partial charge in [-0.15, -0.1) is 0 Å². The summed E-state index contributed by atoms with van der Waals surface area (Å²) in [6, 6.07) is 0. The highest BCUT2D eigenvalue weighted by atomic mass is 16.6. The van der Waals surface area contributed by atoms with Gasteiger partial charge < -0.3 is 29.6 Å². The summed E-state index contributed by atoms with van der Waals surface area (Å²) in [7, 11) is 1.60. The molecule has 0 radical (unpaired) electrons. The van der Waals surface area contributed by atoms with Crippen molar-refractivity contribution in [1.29, 1.82) is 0 Å². The Balaban J connectivity index is 1.74. The molecule has 1 fully saturated rings. The standard InChI is InChI=1S/C19H36N2O6/c1-20-18(22)7-9-24-11-13-26-15-16-27-14-12-25-10-8-21-19(23)17-5-3-2-4-6-17/h17H,2-16H2,1H3,(H,20,22)(H,21,23). The molecule has 27 heavy (non-hydrogen) atoms. The van der Waals surface area contributed by atoms with Gasteiger partial charge in [0.05, 0.1) is 52.9 Å². The number of nitrogens with one attached hydrogen (secondary N) is 2. The van der Waals surface area contributed by atoms with E-state index in [1.807, 2.05) is 0 Å². The first-order valence-corrected chi connectivity index (χ1v) is 10.0. The second-order valence-corrected chi connectivity index (χ2v) is 6.50. The predicted octanol–water partition coefficient (Wildman–Crippen LogP) is 0.885. The molecule has 0 unspecified atom stereocenters. The van der Waals surface area contributed by atoms with Gasteiger partial charge in [-0.25, -0.2) is 0 Å². The average Bonchev–Trinajstić information content (AvgIpc) is 2.71. The molecule has 1 saturated carbocycles. The Morgan fingerprint density at radius 3 is 1.85 bits per heavy atom. The van der Waals surface area contributed by atoms with Crippen LogP contribution in [0.4, 0.5) is 0 Å². The van der Waals surface area contributed by atoms with Crippen molar-refractivity contribution in [3.8, 4) is 0 Å². The summed E-state index contributed by atoms with van der Waals surface area (Å²) in [6.07, 6.45) is 5.99. The zero-order chi connectivity index (χ0) is 19.6. The van der Waals surface area contributed by atoms with Crippen LogP contribution in [0.2, 0.25) is 0 Å². The average molecular weight is 389 g/mol. The Kier molecular flexibility index (Phi) is 14.9. The lowest BCUT2D eigenvalue weighted by Crippen LogP contribution is -2.34. The molecule has 0 heterocycles. The molecule has 0 aliphatic heterocycles. The second kappa shape index (κ2) is 16.9. The molecule has 8 heteroatoms. The summed E-state index contributed by atoms with van der Waals surface area (Å²) in [5.41, 5.74) is 0. The van der Waals surface area contributed by atoms with Gasteiger partial charge in [0.1, 0.15) is 0 Å². The number of amides is 2. The van der Waals surface area contributed by atoms with Crippen molar-refractivity contribution in [2.24, 2.45) is 5.92 Å². The highest BCUT2D eigenvalue weighted by Gasteiger charge is 2.20. The van der Waals surface area contributed by atoms with Crippen molar-refractivity contribution in [2.75, 3.05) is 66.4 Å². The van der Waals surface area contributed by atoms with Crippen LogP contribution in [0.1, 0.15) is 38.5 Å². The van der Waals surface area contributed by atoms with Gasteiger partial charge in [0.2, 0.25) is 11.8 Å².